The minimum absolute atomic E-state index is 0.252. The van der Waals surface area contributed by atoms with E-state index in [1.54, 1.807) is 13.1 Å². The van der Waals surface area contributed by atoms with Gasteiger partial charge in [-0.25, -0.2) is 9.97 Å². The first-order chi connectivity index (χ1) is 9.26. The van der Waals surface area contributed by atoms with Crippen LogP contribution < -0.4 is 15.4 Å². The second kappa shape index (κ2) is 5.59. The highest BCUT2D eigenvalue weighted by atomic mass is 16.5. The summed E-state index contributed by atoms with van der Waals surface area (Å²) in [4.78, 5) is 7.92. The molecule has 96 valence electrons. The maximum Gasteiger partial charge on any atom is 0.256 e. The molecule has 0 bridgehead atoms. The van der Waals surface area contributed by atoms with Gasteiger partial charge in [0.2, 0.25) is 0 Å². The van der Waals surface area contributed by atoms with E-state index in [-0.39, 0.29) is 5.69 Å². The highest BCUT2D eigenvalue weighted by molar-refractivity contribution is 5.61. The quantitative estimate of drug-likeness (QED) is 0.832. The van der Waals surface area contributed by atoms with Crippen LogP contribution in [0.1, 0.15) is 5.69 Å². The first kappa shape index (κ1) is 12.5. The molecule has 2 heterocycles. The van der Waals surface area contributed by atoms with Crippen LogP contribution in [0.4, 0.5) is 17.3 Å². The zero-order chi connectivity index (χ0) is 13.7. The van der Waals surface area contributed by atoms with Crippen molar-refractivity contribution in [1.82, 2.24) is 20.2 Å². The number of nitrogens with zero attached hydrogens (tertiary/aromatic N) is 5. The van der Waals surface area contributed by atoms with Gasteiger partial charge >= 0.3 is 0 Å². The minimum atomic E-state index is 0.252. The molecule has 19 heavy (non-hydrogen) atoms. The normalized spacial score (nSPS) is 9.53. The number of ether oxygens (including phenoxy) is 1. The lowest BCUT2D eigenvalue weighted by Crippen LogP contribution is -2.03. The highest BCUT2D eigenvalue weighted by Crippen LogP contribution is 2.23. The van der Waals surface area contributed by atoms with Crippen LogP contribution in [0.5, 0.6) is 5.88 Å². The van der Waals surface area contributed by atoms with Crippen molar-refractivity contribution in [1.29, 1.82) is 5.26 Å². The van der Waals surface area contributed by atoms with E-state index in [4.69, 9.17) is 10.00 Å². The molecule has 8 nitrogen and oxygen atoms in total. The Hall–Kier alpha value is -2.95. The Balaban J connectivity index is 2.20. The topological polar surface area (TPSA) is 109 Å². The van der Waals surface area contributed by atoms with Gasteiger partial charge in [0.25, 0.3) is 5.88 Å². The molecule has 2 N–H and O–H groups in total. The van der Waals surface area contributed by atoms with Crippen molar-refractivity contribution in [2.45, 2.75) is 0 Å². The minimum Gasteiger partial charge on any atom is -0.478 e. The fourth-order valence-electron chi connectivity index (χ4n) is 1.35. The van der Waals surface area contributed by atoms with Gasteiger partial charge in [-0.15, -0.1) is 10.2 Å². The predicted molar refractivity (Wildman–Crippen MR) is 68.2 cm³/mol. The SMILES string of the molecule is CNc1cc(Nc2cnc(C#N)cn2)nnc1OC. The Morgan fingerprint density at radius 2 is 2.05 bits per heavy atom. The number of nitriles is 1. The molecule has 0 saturated heterocycles. The Bertz CT molecular complexity index is 605. The maximum atomic E-state index is 8.63. The van der Waals surface area contributed by atoms with Crippen LogP contribution in [-0.2, 0) is 0 Å². The number of nitrogens with one attached hydrogen (secondary N) is 2. The molecule has 0 unspecified atom stereocenters. The molecule has 0 aliphatic rings. The first-order valence-corrected chi connectivity index (χ1v) is 5.35. The molecular weight excluding hydrogens is 246 g/mol. The molecule has 2 rings (SSSR count). The third kappa shape index (κ3) is 2.84. The zero-order valence-corrected chi connectivity index (χ0v) is 10.4. The van der Waals surface area contributed by atoms with Gasteiger partial charge in [-0.1, -0.05) is 0 Å². The van der Waals surface area contributed by atoms with Crippen LogP contribution in [0, 0.1) is 11.3 Å². The number of methoxy groups -OCH3 is 1. The lowest BCUT2D eigenvalue weighted by molar-refractivity contribution is 0.394. The molecule has 8 heteroatoms. The van der Waals surface area contributed by atoms with Crippen molar-refractivity contribution >= 4 is 17.3 Å². The fraction of sp³-hybridized carbons (Fsp3) is 0.182. The molecule has 0 aromatic carbocycles. The summed E-state index contributed by atoms with van der Waals surface area (Å²) in [6, 6.07) is 3.62. The van der Waals surface area contributed by atoms with Gasteiger partial charge in [-0.05, 0) is 0 Å². The largest absolute Gasteiger partial charge is 0.478 e. The summed E-state index contributed by atoms with van der Waals surface area (Å²) in [7, 11) is 3.27. The van der Waals surface area contributed by atoms with Gasteiger partial charge < -0.3 is 15.4 Å². The predicted octanol–water partition coefficient (Wildman–Crippen LogP) is 0.932. The second-order valence-corrected chi connectivity index (χ2v) is 3.43. The molecule has 2 aromatic rings. The molecule has 0 atom stereocenters. The molecular formula is C11H11N7O. The molecule has 0 aliphatic heterocycles. The van der Waals surface area contributed by atoms with E-state index >= 15 is 0 Å². The summed E-state index contributed by atoms with van der Waals surface area (Å²) in [6.07, 6.45) is 2.82. The molecule has 0 aliphatic carbocycles. The monoisotopic (exact) mass is 257 g/mol. The second-order valence-electron chi connectivity index (χ2n) is 3.43. The van der Waals surface area contributed by atoms with E-state index in [0.717, 1.165) is 0 Å². The van der Waals surface area contributed by atoms with Crippen LogP contribution in [0.25, 0.3) is 0 Å². The summed E-state index contributed by atoms with van der Waals surface area (Å²) in [5, 5.41) is 22.3. The number of hydrogen-bond acceptors (Lipinski definition) is 8. The van der Waals surface area contributed by atoms with Crippen LogP contribution >= 0.6 is 0 Å². The summed E-state index contributed by atoms with van der Waals surface area (Å²) in [5.74, 6) is 1.36. The van der Waals surface area contributed by atoms with Crippen LogP contribution in [0.2, 0.25) is 0 Å². The van der Waals surface area contributed by atoms with E-state index in [2.05, 4.69) is 30.8 Å². The molecule has 0 saturated carbocycles. The van der Waals surface area contributed by atoms with Crippen molar-refractivity contribution in [2.75, 3.05) is 24.8 Å². The lowest BCUT2D eigenvalue weighted by atomic mass is 10.4. The first-order valence-electron chi connectivity index (χ1n) is 5.35. The van der Waals surface area contributed by atoms with E-state index in [1.807, 2.05) is 6.07 Å². The smallest absolute Gasteiger partial charge is 0.256 e. The highest BCUT2D eigenvalue weighted by Gasteiger charge is 2.06. The molecule has 0 fully saturated rings. The van der Waals surface area contributed by atoms with Crippen LogP contribution in [-0.4, -0.2) is 34.3 Å². The Morgan fingerprint density at radius 3 is 2.63 bits per heavy atom. The van der Waals surface area contributed by atoms with Gasteiger partial charge in [-0.2, -0.15) is 5.26 Å². The van der Waals surface area contributed by atoms with Crippen LogP contribution in [0.15, 0.2) is 18.5 Å². The van der Waals surface area contributed by atoms with Gasteiger partial charge in [0.1, 0.15) is 17.6 Å². The fourth-order valence-corrected chi connectivity index (χ4v) is 1.35. The van der Waals surface area contributed by atoms with Crippen molar-refractivity contribution in [2.24, 2.45) is 0 Å². The summed E-state index contributed by atoms with van der Waals surface area (Å²) < 4.78 is 5.04. The number of hydrogen-bond donors (Lipinski definition) is 2. The van der Waals surface area contributed by atoms with E-state index < -0.39 is 0 Å². The van der Waals surface area contributed by atoms with Gasteiger partial charge in [-0.3, -0.25) is 0 Å². The Morgan fingerprint density at radius 1 is 1.21 bits per heavy atom. The van der Waals surface area contributed by atoms with Crippen LogP contribution in [0.3, 0.4) is 0 Å². The Labute approximate surface area is 109 Å². The number of rotatable bonds is 4. The van der Waals surface area contributed by atoms with E-state index in [9.17, 15) is 0 Å². The molecule has 0 radical (unpaired) electrons. The maximum absolute atomic E-state index is 8.63. The van der Waals surface area contributed by atoms with E-state index in [1.165, 1.54) is 19.5 Å². The van der Waals surface area contributed by atoms with E-state index in [0.29, 0.717) is 23.2 Å². The number of aromatic nitrogens is 4. The van der Waals surface area contributed by atoms with Crippen molar-refractivity contribution < 1.29 is 4.74 Å². The summed E-state index contributed by atoms with van der Waals surface area (Å²) >= 11 is 0. The van der Waals surface area contributed by atoms with Gasteiger partial charge in [0, 0.05) is 13.1 Å². The molecule has 2 aromatic heterocycles. The average Bonchev–Trinajstić information content (AvgIpc) is 2.48. The Kier molecular flexibility index (Phi) is 3.68. The molecule has 0 amide bonds. The standard InChI is InChI=1S/C11H11N7O/c1-13-8-3-9(17-18-11(8)19-2)16-10-6-14-7(4-12)5-15-10/h3,5-6H,1-2H3,(H2,13,15,16,17). The van der Waals surface area contributed by atoms with Crippen molar-refractivity contribution in [3.8, 4) is 11.9 Å². The van der Waals surface area contributed by atoms with Crippen molar-refractivity contribution in [3.63, 3.8) is 0 Å². The molecule has 0 spiro atoms. The zero-order valence-electron chi connectivity index (χ0n) is 10.4. The third-order valence-electron chi connectivity index (χ3n) is 2.25. The summed E-state index contributed by atoms with van der Waals surface area (Å²) in [6.45, 7) is 0. The van der Waals surface area contributed by atoms with Gasteiger partial charge in [0.05, 0.1) is 19.5 Å². The van der Waals surface area contributed by atoms with Gasteiger partial charge in [0.15, 0.2) is 11.5 Å². The average molecular weight is 257 g/mol. The lowest BCUT2D eigenvalue weighted by Gasteiger charge is -2.08. The number of anilines is 3. The van der Waals surface area contributed by atoms with Crippen molar-refractivity contribution in [3.05, 3.63) is 24.2 Å². The summed E-state index contributed by atoms with van der Waals surface area (Å²) in [5.41, 5.74) is 0.948. The third-order valence-corrected chi connectivity index (χ3v) is 2.25.